The summed E-state index contributed by atoms with van der Waals surface area (Å²) in [5, 5.41) is 0. The van der Waals surface area contributed by atoms with Gasteiger partial charge in [-0.05, 0) is 64.5 Å². The fourth-order valence-electron chi connectivity index (χ4n) is 1.85. The Morgan fingerprint density at radius 1 is 0.583 bits per heavy atom. The molecule has 2 nitrogen and oxygen atoms in total. The molecule has 0 atom stereocenters. The zero-order chi connectivity index (χ0) is 17.8. The molecule has 24 heavy (non-hydrogen) atoms. The third-order valence-corrected chi connectivity index (χ3v) is 3.11. The number of hydrogen-bond acceptors (Lipinski definition) is 0. The standard InChI is InChI=1S/C22H26N2/c1-21(2,3)11-17-23-13-7-19(8-14-23)20-9-15-24(16-10-20)18-12-22(4,5)6/h7-10,13-16H,1-6H3/q+2. The first kappa shape index (κ1) is 17.8. The van der Waals surface area contributed by atoms with Gasteiger partial charge < -0.3 is 0 Å². The predicted molar refractivity (Wildman–Crippen MR) is 97.5 cm³/mol. The highest BCUT2D eigenvalue weighted by Crippen LogP contribution is 2.15. The highest BCUT2D eigenvalue weighted by Gasteiger charge is 2.08. The van der Waals surface area contributed by atoms with E-state index in [1.54, 1.807) is 0 Å². The molecule has 0 unspecified atom stereocenters. The Morgan fingerprint density at radius 3 is 1.12 bits per heavy atom. The molecule has 0 spiro atoms. The molecule has 2 heterocycles. The zero-order valence-corrected chi connectivity index (χ0v) is 15.5. The smallest absolute Gasteiger partial charge is 0.119 e. The van der Waals surface area contributed by atoms with Crippen LogP contribution >= 0.6 is 0 Å². The van der Waals surface area contributed by atoms with Gasteiger partial charge in [0.2, 0.25) is 12.1 Å². The van der Waals surface area contributed by atoms with Crippen molar-refractivity contribution in [1.82, 2.24) is 0 Å². The van der Waals surface area contributed by atoms with Crippen LogP contribution in [0.1, 0.15) is 41.5 Å². The maximum Gasteiger partial charge on any atom is 0.229 e. The second kappa shape index (κ2) is 6.90. The summed E-state index contributed by atoms with van der Waals surface area (Å²) in [4.78, 5) is 0. The van der Waals surface area contributed by atoms with Crippen molar-refractivity contribution in [3.63, 3.8) is 0 Å². The molecule has 0 aliphatic rings. The summed E-state index contributed by atoms with van der Waals surface area (Å²) in [6, 6.07) is 14.6. The summed E-state index contributed by atoms with van der Waals surface area (Å²) in [6.07, 6.45) is 7.98. The van der Waals surface area contributed by atoms with Gasteiger partial charge in [-0.1, -0.05) is 0 Å². The normalized spacial score (nSPS) is 11.1. The Balaban J connectivity index is 2.17. The molecule has 0 N–H and O–H groups in total. The summed E-state index contributed by atoms with van der Waals surface area (Å²) in [7, 11) is 0. The molecule has 122 valence electrons. The van der Waals surface area contributed by atoms with Crippen molar-refractivity contribution >= 4 is 0 Å². The van der Waals surface area contributed by atoms with Gasteiger partial charge in [-0.2, -0.15) is 0 Å². The lowest BCUT2D eigenvalue weighted by atomic mass is 9.99. The van der Waals surface area contributed by atoms with Gasteiger partial charge in [0, 0.05) is 35.1 Å². The van der Waals surface area contributed by atoms with Gasteiger partial charge in [0.1, 0.15) is 0 Å². The van der Waals surface area contributed by atoms with Crippen LogP contribution in [0.2, 0.25) is 0 Å². The second-order valence-electron chi connectivity index (χ2n) is 7.96. The highest BCUT2D eigenvalue weighted by atomic mass is 14.9. The molecule has 0 saturated carbocycles. The maximum absolute atomic E-state index is 3.23. The molecule has 0 radical (unpaired) electrons. The largest absolute Gasteiger partial charge is 0.229 e. The van der Waals surface area contributed by atoms with Crippen LogP contribution in [0, 0.1) is 34.8 Å². The third-order valence-electron chi connectivity index (χ3n) is 3.11. The van der Waals surface area contributed by atoms with Gasteiger partial charge in [-0.15, -0.1) is 9.13 Å². The van der Waals surface area contributed by atoms with Crippen LogP contribution < -0.4 is 9.13 Å². The number of aromatic nitrogens is 2. The van der Waals surface area contributed by atoms with Crippen molar-refractivity contribution in [3.8, 4) is 35.1 Å². The van der Waals surface area contributed by atoms with E-state index in [9.17, 15) is 0 Å². The summed E-state index contributed by atoms with van der Waals surface area (Å²) in [5.41, 5.74) is 2.35. The Morgan fingerprint density at radius 2 is 0.875 bits per heavy atom. The number of hydrogen-bond donors (Lipinski definition) is 0. The molecule has 0 aliphatic carbocycles. The van der Waals surface area contributed by atoms with E-state index in [1.807, 2.05) is 33.9 Å². The molecule has 0 aromatic carbocycles. The van der Waals surface area contributed by atoms with Crippen LogP contribution in [-0.2, 0) is 0 Å². The molecule has 0 saturated heterocycles. The second-order valence-corrected chi connectivity index (χ2v) is 7.96. The summed E-state index contributed by atoms with van der Waals surface area (Å²) >= 11 is 0. The maximum atomic E-state index is 3.23. The minimum Gasteiger partial charge on any atom is -0.119 e. The van der Waals surface area contributed by atoms with Crippen molar-refractivity contribution < 1.29 is 9.13 Å². The van der Waals surface area contributed by atoms with Crippen molar-refractivity contribution in [1.29, 1.82) is 0 Å². The molecule has 0 amide bonds. The SMILES string of the molecule is CC(C)(C)C#C[n+]1ccc(-c2cc[n+](C#CC(C)(C)C)cc2)cc1. The van der Waals surface area contributed by atoms with Crippen LogP contribution in [0.5, 0.6) is 0 Å². The molecule has 2 heteroatoms. The monoisotopic (exact) mass is 318 g/mol. The van der Waals surface area contributed by atoms with E-state index in [2.05, 4.69) is 89.7 Å². The van der Waals surface area contributed by atoms with Crippen LogP contribution in [0.3, 0.4) is 0 Å². The zero-order valence-electron chi connectivity index (χ0n) is 15.5. The van der Waals surface area contributed by atoms with Gasteiger partial charge in [-0.25, -0.2) is 0 Å². The first-order chi connectivity index (χ1) is 11.1. The van der Waals surface area contributed by atoms with Crippen molar-refractivity contribution in [2.45, 2.75) is 41.5 Å². The van der Waals surface area contributed by atoms with Gasteiger partial charge >= 0.3 is 0 Å². The van der Waals surface area contributed by atoms with Crippen LogP contribution in [0.15, 0.2) is 49.1 Å². The van der Waals surface area contributed by atoms with Crippen LogP contribution in [-0.4, -0.2) is 0 Å². The first-order valence-corrected chi connectivity index (χ1v) is 8.22. The topological polar surface area (TPSA) is 7.76 Å². The molecule has 2 aromatic heterocycles. The Hall–Kier alpha value is -2.58. The minimum absolute atomic E-state index is 0.00676. The number of nitrogens with zero attached hydrogens (tertiary/aromatic N) is 2. The van der Waals surface area contributed by atoms with Gasteiger partial charge in [0.15, 0.2) is 24.8 Å². The van der Waals surface area contributed by atoms with Crippen LogP contribution in [0.4, 0.5) is 0 Å². The van der Waals surface area contributed by atoms with Crippen molar-refractivity contribution in [2.75, 3.05) is 0 Å². The summed E-state index contributed by atoms with van der Waals surface area (Å²) < 4.78 is 3.79. The molecule has 2 aromatic rings. The van der Waals surface area contributed by atoms with E-state index in [0.717, 1.165) is 0 Å². The Kier molecular flexibility index (Phi) is 5.10. The highest BCUT2D eigenvalue weighted by molar-refractivity contribution is 5.61. The van der Waals surface area contributed by atoms with E-state index in [0.29, 0.717) is 0 Å². The Bertz CT molecular complexity index is 733. The van der Waals surface area contributed by atoms with Crippen LogP contribution in [0.25, 0.3) is 11.1 Å². The lowest BCUT2D eigenvalue weighted by Gasteiger charge is -2.04. The minimum atomic E-state index is 0.00676. The third kappa shape index (κ3) is 5.90. The fraction of sp³-hybridized carbons (Fsp3) is 0.364. The van der Waals surface area contributed by atoms with E-state index in [1.165, 1.54) is 11.1 Å². The predicted octanol–water partition coefficient (Wildman–Crippen LogP) is 3.64. The first-order valence-electron chi connectivity index (χ1n) is 8.22. The van der Waals surface area contributed by atoms with E-state index in [4.69, 9.17) is 0 Å². The summed E-state index contributed by atoms with van der Waals surface area (Å²) in [5.74, 6) is 6.45. The lowest BCUT2D eigenvalue weighted by Crippen LogP contribution is -2.28. The average Bonchev–Trinajstić information content (AvgIpc) is 2.51. The molecular formula is C22H26N2+2. The average molecular weight is 318 g/mol. The quantitative estimate of drug-likeness (QED) is 0.560. The molecule has 2 rings (SSSR count). The molecular weight excluding hydrogens is 292 g/mol. The number of rotatable bonds is 1. The van der Waals surface area contributed by atoms with Gasteiger partial charge in [0.05, 0.1) is 0 Å². The van der Waals surface area contributed by atoms with E-state index < -0.39 is 0 Å². The summed E-state index contributed by atoms with van der Waals surface area (Å²) in [6.45, 7) is 12.6. The lowest BCUT2D eigenvalue weighted by molar-refractivity contribution is -0.584. The Labute approximate surface area is 146 Å². The van der Waals surface area contributed by atoms with Crippen molar-refractivity contribution in [2.24, 2.45) is 10.8 Å². The van der Waals surface area contributed by atoms with Crippen molar-refractivity contribution in [3.05, 3.63) is 49.1 Å². The van der Waals surface area contributed by atoms with E-state index >= 15 is 0 Å². The molecule has 0 aliphatic heterocycles. The fourth-order valence-corrected chi connectivity index (χ4v) is 1.85. The molecule has 0 fully saturated rings. The van der Waals surface area contributed by atoms with E-state index in [-0.39, 0.29) is 10.8 Å². The van der Waals surface area contributed by atoms with Gasteiger partial charge in [0.25, 0.3) is 0 Å². The van der Waals surface area contributed by atoms with Gasteiger partial charge in [-0.3, -0.25) is 0 Å². The molecule has 0 bridgehead atoms. The number of pyridine rings is 2.